The molecule has 140 valence electrons. The van der Waals surface area contributed by atoms with E-state index in [1.165, 1.54) is 53.6 Å². The van der Waals surface area contributed by atoms with E-state index >= 15 is 0 Å². The van der Waals surface area contributed by atoms with Crippen LogP contribution in [0.25, 0.3) is 21.5 Å². The largest absolute Gasteiger partial charge is 0.126 e. The van der Waals surface area contributed by atoms with Gasteiger partial charge in [-0.05, 0) is 0 Å². The average molecular weight is 433 g/mol. The Bertz CT molecular complexity index is 821. The molecule has 2 aliphatic carbocycles. The quantitative estimate of drug-likeness (QED) is 0.254. The van der Waals surface area contributed by atoms with E-state index in [9.17, 15) is 0 Å². The van der Waals surface area contributed by atoms with Gasteiger partial charge in [0.25, 0.3) is 0 Å². The molecule has 0 atom stereocenters. The van der Waals surface area contributed by atoms with Crippen molar-refractivity contribution in [1.82, 2.24) is 0 Å². The summed E-state index contributed by atoms with van der Waals surface area (Å²) in [6.07, 6.45) is 17.2. The number of benzene rings is 2. The van der Waals surface area contributed by atoms with E-state index in [-0.39, 0.29) is 24.8 Å². The second kappa shape index (κ2) is 13.2. The zero-order chi connectivity index (χ0) is 17.3. The molecule has 3 aromatic rings. The Labute approximate surface area is 186 Å². The second-order valence-corrected chi connectivity index (χ2v) is 7.59. The van der Waals surface area contributed by atoms with Crippen LogP contribution in [0.1, 0.15) is 38.5 Å². The maximum atomic E-state index is 2.99. The van der Waals surface area contributed by atoms with Crippen LogP contribution >= 0.6 is 24.8 Å². The SMILES string of the molecule is Cl.Cl.[C-]1=CC=CC1.[Ti+2]=[C]1CCCCC1.c1ccc2c(c1)[cH-]c1ccccc12. The van der Waals surface area contributed by atoms with Gasteiger partial charge in [-0.3, -0.25) is 6.08 Å². The molecular weight excluding hydrogens is 407 g/mol. The summed E-state index contributed by atoms with van der Waals surface area (Å²) >= 11 is 2.28. The fourth-order valence-corrected chi connectivity index (χ4v) is 3.77. The molecule has 0 radical (unpaired) electrons. The molecule has 3 aromatic carbocycles. The zero-order valence-corrected chi connectivity index (χ0v) is 18.7. The minimum absolute atomic E-state index is 0. The molecule has 0 aromatic heterocycles. The van der Waals surface area contributed by atoms with Crippen molar-refractivity contribution >= 4 is 50.2 Å². The van der Waals surface area contributed by atoms with Gasteiger partial charge >= 0.3 is 55.9 Å². The van der Waals surface area contributed by atoms with E-state index in [1.54, 1.807) is 3.81 Å². The number of hydrogen-bond acceptors (Lipinski definition) is 0. The molecular formula is C24H26Cl2Ti. The third-order valence-corrected chi connectivity index (χ3v) is 5.35. The number of hydrogen-bond donors (Lipinski definition) is 0. The van der Waals surface area contributed by atoms with Gasteiger partial charge in [0.1, 0.15) is 0 Å². The van der Waals surface area contributed by atoms with Gasteiger partial charge in [-0.15, -0.1) is 71.0 Å². The summed E-state index contributed by atoms with van der Waals surface area (Å²) < 4.78 is 1.71. The minimum atomic E-state index is 0. The third-order valence-electron chi connectivity index (χ3n) is 4.57. The van der Waals surface area contributed by atoms with Gasteiger partial charge in [-0.1, -0.05) is 36.4 Å². The normalized spacial score (nSPS) is 14.5. The van der Waals surface area contributed by atoms with Gasteiger partial charge in [-0.25, -0.2) is 12.2 Å². The molecule has 0 nitrogen and oxygen atoms in total. The summed E-state index contributed by atoms with van der Waals surface area (Å²) in [5.74, 6) is 0. The first-order valence-electron chi connectivity index (χ1n) is 9.16. The number of fused-ring (bicyclic) bond motifs is 3. The number of halogens is 2. The Balaban J connectivity index is 0.000000223. The van der Waals surface area contributed by atoms with Crippen LogP contribution in [0.15, 0.2) is 72.8 Å². The van der Waals surface area contributed by atoms with Crippen LogP contribution in [0.2, 0.25) is 0 Å². The van der Waals surface area contributed by atoms with Crippen molar-refractivity contribution in [2.45, 2.75) is 38.5 Å². The molecule has 0 unspecified atom stereocenters. The third kappa shape index (κ3) is 7.47. The number of allylic oxidation sites excluding steroid dienone is 4. The van der Waals surface area contributed by atoms with Crippen molar-refractivity contribution in [3.05, 3.63) is 78.9 Å². The van der Waals surface area contributed by atoms with Gasteiger partial charge in [0.2, 0.25) is 0 Å². The molecule has 3 heteroatoms. The fourth-order valence-electron chi connectivity index (χ4n) is 3.22. The van der Waals surface area contributed by atoms with Crippen LogP contribution in [-0.2, 0) is 20.0 Å². The molecule has 0 saturated heterocycles. The van der Waals surface area contributed by atoms with E-state index in [0.717, 1.165) is 6.42 Å². The topological polar surface area (TPSA) is 0 Å². The summed E-state index contributed by atoms with van der Waals surface area (Å²) in [7, 11) is 0. The maximum Gasteiger partial charge on any atom is -0.0771 e. The fraction of sp³-hybridized carbons (Fsp3) is 0.250. The van der Waals surface area contributed by atoms with Crippen LogP contribution in [0, 0.1) is 6.08 Å². The van der Waals surface area contributed by atoms with Crippen LogP contribution in [0.5, 0.6) is 0 Å². The predicted octanol–water partition coefficient (Wildman–Crippen LogP) is 7.53. The Morgan fingerprint density at radius 1 is 0.778 bits per heavy atom. The second-order valence-electron chi connectivity index (χ2n) is 6.49. The first-order chi connectivity index (χ1) is 12.3. The Kier molecular flexibility index (Phi) is 11.7. The molecule has 0 N–H and O–H groups in total. The van der Waals surface area contributed by atoms with Gasteiger partial charge in [0.05, 0.1) is 0 Å². The van der Waals surface area contributed by atoms with Gasteiger partial charge in [0.15, 0.2) is 0 Å². The van der Waals surface area contributed by atoms with Crippen molar-refractivity contribution in [3.8, 4) is 0 Å². The molecule has 0 bridgehead atoms. The first-order valence-corrected chi connectivity index (χ1v) is 9.94. The van der Waals surface area contributed by atoms with Crippen molar-refractivity contribution < 1.29 is 20.0 Å². The van der Waals surface area contributed by atoms with E-state index in [1.807, 2.05) is 12.2 Å². The average Bonchev–Trinajstić information content (AvgIpc) is 3.34. The summed E-state index contributed by atoms with van der Waals surface area (Å²) in [6, 6.07) is 19.3. The molecule has 27 heavy (non-hydrogen) atoms. The molecule has 0 heterocycles. The Morgan fingerprint density at radius 3 is 1.70 bits per heavy atom. The number of rotatable bonds is 0. The summed E-state index contributed by atoms with van der Waals surface area (Å²) in [6.45, 7) is 0. The standard InChI is InChI=1S/C13H9.C6H10.C5H5.2ClH.Ti/c1-3-7-12-10(5-1)9-11-6-2-4-8-13(11)12;1-2-4-6-5-3-1;1-2-4-5-3-1;;;/h1-9H;1-5H2;1-3H,4H2;2*1H;/q-1;;-1;;;+2. The zero-order valence-electron chi connectivity index (χ0n) is 15.5. The summed E-state index contributed by atoms with van der Waals surface area (Å²) in [5, 5.41) is 5.39. The minimum Gasteiger partial charge on any atom is -0.126 e. The smallest absolute Gasteiger partial charge is 0.0771 e. The van der Waals surface area contributed by atoms with E-state index in [4.69, 9.17) is 0 Å². The van der Waals surface area contributed by atoms with Crippen LogP contribution in [-0.4, -0.2) is 3.81 Å². The van der Waals surface area contributed by atoms with Gasteiger partial charge in [0, 0.05) is 0 Å². The van der Waals surface area contributed by atoms with Crippen LogP contribution < -0.4 is 0 Å². The van der Waals surface area contributed by atoms with Crippen molar-refractivity contribution in [1.29, 1.82) is 0 Å². The molecule has 0 spiro atoms. The molecule has 0 aliphatic heterocycles. The molecule has 2 aliphatic rings. The molecule has 5 rings (SSSR count). The van der Waals surface area contributed by atoms with E-state index in [0.29, 0.717) is 0 Å². The maximum absolute atomic E-state index is 2.99. The Hall–Kier alpha value is -1.05. The molecule has 0 amide bonds. The van der Waals surface area contributed by atoms with Gasteiger partial charge in [-0.2, -0.15) is 6.08 Å². The van der Waals surface area contributed by atoms with Crippen molar-refractivity contribution in [2.75, 3.05) is 0 Å². The van der Waals surface area contributed by atoms with Gasteiger partial charge < -0.3 is 0 Å². The van der Waals surface area contributed by atoms with Crippen molar-refractivity contribution in [2.24, 2.45) is 0 Å². The Morgan fingerprint density at radius 2 is 1.33 bits per heavy atom. The van der Waals surface area contributed by atoms with E-state index in [2.05, 4.69) is 86.7 Å². The summed E-state index contributed by atoms with van der Waals surface area (Å²) in [4.78, 5) is 0. The molecule has 1 fully saturated rings. The predicted molar refractivity (Wildman–Crippen MR) is 121 cm³/mol. The first kappa shape index (κ1) is 24.0. The monoisotopic (exact) mass is 432 g/mol. The van der Waals surface area contributed by atoms with E-state index < -0.39 is 0 Å². The van der Waals surface area contributed by atoms with Crippen LogP contribution in [0.4, 0.5) is 0 Å². The van der Waals surface area contributed by atoms with Crippen LogP contribution in [0.3, 0.4) is 0 Å². The van der Waals surface area contributed by atoms with Crippen molar-refractivity contribution in [3.63, 3.8) is 0 Å². The molecule has 1 saturated carbocycles. The summed E-state index contributed by atoms with van der Waals surface area (Å²) in [5.41, 5.74) is 0.